The van der Waals surface area contributed by atoms with Crippen molar-refractivity contribution in [2.45, 2.75) is 31.7 Å². The quantitative estimate of drug-likeness (QED) is 0.378. The van der Waals surface area contributed by atoms with Crippen LogP contribution >= 0.6 is 11.6 Å². The number of nitrogens with zero attached hydrogens (tertiary/aromatic N) is 3. The molecule has 0 radical (unpaired) electrons. The lowest BCUT2D eigenvalue weighted by Gasteiger charge is -2.32. The van der Waals surface area contributed by atoms with Gasteiger partial charge in [0.25, 0.3) is 5.91 Å². The Balaban J connectivity index is 1.36. The smallest absolute Gasteiger partial charge is 0.293 e. The fourth-order valence-corrected chi connectivity index (χ4v) is 4.33. The van der Waals surface area contributed by atoms with Gasteiger partial charge in [0.1, 0.15) is 17.5 Å². The van der Waals surface area contributed by atoms with Crippen molar-refractivity contribution in [1.82, 2.24) is 15.0 Å². The summed E-state index contributed by atoms with van der Waals surface area (Å²) in [6.07, 6.45) is 5.14. The number of aromatic nitrogens is 2. The number of rotatable bonds is 5. The predicted molar refractivity (Wildman–Crippen MR) is 120 cm³/mol. The van der Waals surface area contributed by atoms with Crippen LogP contribution in [-0.2, 0) is 6.42 Å². The lowest BCUT2D eigenvalue weighted by Crippen LogP contribution is -2.38. The first-order chi connectivity index (χ1) is 15.7. The first-order valence-electron chi connectivity index (χ1n) is 10.7. The van der Waals surface area contributed by atoms with Crippen molar-refractivity contribution in [2.24, 2.45) is 0 Å². The molecule has 1 fully saturated rings. The Bertz CT molecular complexity index is 1220. The van der Waals surface area contributed by atoms with Gasteiger partial charge < -0.3 is 13.8 Å². The number of hydrogen-bond acceptors (Lipinski definition) is 5. The van der Waals surface area contributed by atoms with E-state index in [1.54, 1.807) is 23.2 Å². The van der Waals surface area contributed by atoms with E-state index in [2.05, 4.69) is 22.3 Å². The Kier molecular flexibility index (Phi) is 5.77. The van der Waals surface area contributed by atoms with Crippen molar-refractivity contribution < 1.29 is 13.7 Å². The molecule has 2 aromatic heterocycles. The van der Waals surface area contributed by atoms with E-state index in [1.165, 1.54) is 0 Å². The zero-order valence-electron chi connectivity index (χ0n) is 17.4. The van der Waals surface area contributed by atoms with Crippen LogP contribution in [0.4, 0.5) is 0 Å². The molecule has 0 saturated carbocycles. The molecule has 4 aromatic rings. The average molecular weight is 448 g/mol. The lowest BCUT2D eigenvalue weighted by atomic mass is 10.0. The van der Waals surface area contributed by atoms with Gasteiger partial charge in [-0.3, -0.25) is 4.79 Å². The molecule has 2 aromatic carbocycles. The van der Waals surface area contributed by atoms with Crippen LogP contribution < -0.4 is 0 Å². The Hall–Kier alpha value is -3.38. The first kappa shape index (κ1) is 20.5. The Morgan fingerprint density at radius 2 is 1.91 bits per heavy atom. The van der Waals surface area contributed by atoms with E-state index in [0.717, 1.165) is 36.1 Å². The minimum atomic E-state index is -0.227. The van der Waals surface area contributed by atoms with E-state index >= 15 is 0 Å². The molecule has 1 saturated heterocycles. The van der Waals surface area contributed by atoms with Crippen LogP contribution in [0.5, 0.6) is 0 Å². The van der Waals surface area contributed by atoms with Gasteiger partial charge in [-0.05, 0) is 30.9 Å². The minimum Gasteiger partial charge on any atom is -0.443 e. The molecule has 0 bridgehead atoms. The second kappa shape index (κ2) is 9.01. The van der Waals surface area contributed by atoms with Gasteiger partial charge in [-0.25, -0.2) is 4.98 Å². The molecule has 32 heavy (non-hydrogen) atoms. The molecule has 0 aliphatic carbocycles. The molecule has 1 atom stereocenters. The fraction of sp³-hybridized carbons (Fsp3) is 0.240. The van der Waals surface area contributed by atoms with E-state index < -0.39 is 0 Å². The third-order valence-electron chi connectivity index (χ3n) is 5.71. The van der Waals surface area contributed by atoms with E-state index in [0.29, 0.717) is 29.6 Å². The van der Waals surface area contributed by atoms with Crippen molar-refractivity contribution in [1.29, 1.82) is 0 Å². The standard InChI is InChI=1S/C25H22ClN3O3/c26-20-11-5-4-10-19(20)21-15-23(32-28-21)25(30)29-13-7-6-12-22(29)24-27-16-18(31-24)14-17-8-2-1-3-9-17/h1-5,8-11,15-16,22H,6-7,12-14H2. The van der Waals surface area contributed by atoms with Gasteiger partial charge >= 0.3 is 0 Å². The van der Waals surface area contributed by atoms with Crippen molar-refractivity contribution >= 4 is 17.5 Å². The fourth-order valence-electron chi connectivity index (χ4n) is 4.10. The molecule has 3 heterocycles. The summed E-state index contributed by atoms with van der Waals surface area (Å²) in [5, 5.41) is 4.62. The minimum absolute atomic E-state index is 0.183. The topological polar surface area (TPSA) is 72.4 Å². The maximum atomic E-state index is 13.3. The van der Waals surface area contributed by atoms with E-state index in [9.17, 15) is 4.79 Å². The predicted octanol–water partition coefficient (Wildman–Crippen LogP) is 5.94. The molecule has 0 spiro atoms. The number of carbonyl (C=O) groups is 1. The second-order valence-electron chi connectivity index (χ2n) is 7.89. The average Bonchev–Trinajstić information content (AvgIpc) is 3.50. The van der Waals surface area contributed by atoms with Gasteiger partial charge in [0.2, 0.25) is 11.7 Å². The Morgan fingerprint density at radius 1 is 1.09 bits per heavy atom. The molecule has 5 rings (SSSR count). The molecule has 162 valence electrons. The van der Waals surface area contributed by atoms with E-state index in [4.69, 9.17) is 20.5 Å². The zero-order valence-corrected chi connectivity index (χ0v) is 18.2. The summed E-state index contributed by atoms with van der Waals surface area (Å²) in [5.41, 5.74) is 2.42. The van der Waals surface area contributed by atoms with Gasteiger partial charge in [0.15, 0.2) is 0 Å². The van der Waals surface area contributed by atoms with Gasteiger partial charge in [0, 0.05) is 24.6 Å². The number of oxazole rings is 1. The number of carbonyl (C=O) groups excluding carboxylic acids is 1. The molecule has 0 N–H and O–H groups in total. The van der Waals surface area contributed by atoms with Crippen molar-refractivity contribution in [3.63, 3.8) is 0 Å². The first-order valence-corrected chi connectivity index (χ1v) is 11.1. The Labute approximate surface area is 190 Å². The summed E-state index contributed by atoms with van der Waals surface area (Å²) in [6.45, 7) is 0.613. The Morgan fingerprint density at radius 3 is 2.75 bits per heavy atom. The third-order valence-corrected chi connectivity index (χ3v) is 6.04. The number of piperidine rings is 1. The summed E-state index contributed by atoms with van der Waals surface area (Å²) >= 11 is 6.26. The van der Waals surface area contributed by atoms with Crippen molar-refractivity contribution in [2.75, 3.05) is 6.54 Å². The third kappa shape index (κ3) is 4.18. The second-order valence-corrected chi connectivity index (χ2v) is 8.30. The van der Waals surface area contributed by atoms with Crippen molar-refractivity contribution in [3.05, 3.63) is 94.9 Å². The molecule has 1 amide bonds. The molecule has 1 aliphatic heterocycles. The van der Waals surface area contributed by atoms with Crippen molar-refractivity contribution in [3.8, 4) is 11.3 Å². The van der Waals surface area contributed by atoms with Crippen LogP contribution in [0.2, 0.25) is 5.02 Å². The van der Waals surface area contributed by atoms with Crippen LogP contribution in [0, 0.1) is 0 Å². The highest BCUT2D eigenvalue weighted by Gasteiger charge is 2.34. The molecule has 1 aliphatic rings. The molecular formula is C25H22ClN3O3. The molecule has 6 nitrogen and oxygen atoms in total. The van der Waals surface area contributed by atoms with Gasteiger partial charge in [-0.15, -0.1) is 0 Å². The summed E-state index contributed by atoms with van der Waals surface area (Å²) < 4.78 is 11.5. The monoisotopic (exact) mass is 447 g/mol. The molecule has 7 heteroatoms. The number of likely N-dealkylation sites (tertiary alicyclic amines) is 1. The summed E-state index contributed by atoms with van der Waals surface area (Å²) in [7, 11) is 0. The highest BCUT2D eigenvalue weighted by atomic mass is 35.5. The number of halogens is 1. The molecule has 1 unspecified atom stereocenters. The van der Waals surface area contributed by atoms with E-state index in [-0.39, 0.29) is 17.7 Å². The highest BCUT2D eigenvalue weighted by Crippen LogP contribution is 2.33. The van der Waals surface area contributed by atoms with Crippen LogP contribution in [0.25, 0.3) is 11.3 Å². The van der Waals surface area contributed by atoms with Crippen LogP contribution in [0.1, 0.15) is 53.1 Å². The molecular weight excluding hydrogens is 426 g/mol. The summed E-state index contributed by atoms with van der Waals surface area (Å²) in [5.74, 6) is 1.31. The van der Waals surface area contributed by atoms with E-state index in [1.807, 2.05) is 36.4 Å². The summed E-state index contributed by atoms with van der Waals surface area (Å²) in [4.78, 5) is 19.6. The maximum Gasteiger partial charge on any atom is 0.293 e. The largest absolute Gasteiger partial charge is 0.443 e. The number of hydrogen-bond donors (Lipinski definition) is 0. The SMILES string of the molecule is O=C(c1cc(-c2ccccc2Cl)no1)N1CCCCC1c1ncc(Cc2ccccc2)o1. The highest BCUT2D eigenvalue weighted by molar-refractivity contribution is 6.33. The zero-order chi connectivity index (χ0) is 21.9. The van der Waals surface area contributed by atoms with Gasteiger partial charge in [0.05, 0.1) is 11.2 Å². The van der Waals surface area contributed by atoms with Crippen LogP contribution in [0.3, 0.4) is 0 Å². The lowest BCUT2D eigenvalue weighted by molar-refractivity contribution is 0.0528. The number of benzene rings is 2. The van der Waals surface area contributed by atoms with Crippen LogP contribution in [0.15, 0.2) is 75.8 Å². The van der Waals surface area contributed by atoms with Gasteiger partial charge in [-0.1, -0.05) is 65.3 Å². The summed E-state index contributed by atoms with van der Waals surface area (Å²) in [6, 6.07) is 18.9. The normalized spacial score (nSPS) is 16.3. The maximum absolute atomic E-state index is 13.3. The van der Waals surface area contributed by atoms with Gasteiger partial charge in [-0.2, -0.15) is 0 Å². The number of amides is 1. The van der Waals surface area contributed by atoms with Crippen LogP contribution in [-0.4, -0.2) is 27.5 Å².